The Morgan fingerprint density at radius 3 is 2.63 bits per heavy atom. The van der Waals surface area contributed by atoms with Gasteiger partial charge in [0, 0.05) is 28.7 Å². The minimum atomic E-state index is 0.0856. The van der Waals surface area contributed by atoms with E-state index in [9.17, 15) is 0 Å². The average molecular weight is 283 g/mol. The monoisotopic (exact) mass is 283 g/mol. The van der Waals surface area contributed by atoms with E-state index >= 15 is 0 Å². The van der Waals surface area contributed by atoms with Crippen LogP contribution in [0, 0.1) is 0 Å². The summed E-state index contributed by atoms with van der Waals surface area (Å²) in [6.45, 7) is 4.45. The molecule has 0 aliphatic carbocycles. The van der Waals surface area contributed by atoms with E-state index in [1.807, 2.05) is 30.0 Å². The van der Waals surface area contributed by atoms with Crippen LogP contribution in [0.3, 0.4) is 0 Å². The van der Waals surface area contributed by atoms with Gasteiger partial charge in [0.05, 0.1) is 7.11 Å². The molecular formula is C15H25NO2S. The molecule has 0 aromatic heterocycles. The molecule has 3 nitrogen and oxygen atoms in total. The number of rotatable bonds is 8. The predicted octanol–water partition coefficient (Wildman–Crippen LogP) is 2.98. The van der Waals surface area contributed by atoms with E-state index in [1.54, 1.807) is 7.11 Å². The van der Waals surface area contributed by atoms with Gasteiger partial charge < -0.3 is 15.6 Å². The van der Waals surface area contributed by atoms with Gasteiger partial charge in [-0.2, -0.15) is 0 Å². The Morgan fingerprint density at radius 1 is 1.37 bits per heavy atom. The highest BCUT2D eigenvalue weighted by Gasteiger charge is 2.24. The van der Waals surface area contributed by atoms with Crippen molar-refractivity contribution in [3.05, 3.63) is 29.8 Å². The molecule has 0 saturated heterocycles. The number of hydrogen-bond acceptors (Lipinski definition) is 4. The summed E-state index contributed by atoms with van der Waals surface area (Å²) in [5.41, 5.74) is 7.43. The van der Waals surface area contributed by atoms with Crippen LogP contribution in [0.15, 0.2) is 24.3 Å². The highest BCUT2D eigenvalue weighted by Crippen LogP contribution is 2.40. The Kier molecular flexibility index (Phi) is 7.28. The second kappa shape index (κ2) is 8.46. The molecule has 0 radical (unpaired) electrons. The molecule has 3 unspecified atom stereocenters. The average Bonchev–Trinajstić information content (AvgIpc) is 2.44. The number of ether oxygens (including phenoxy) is 1. The number of aliphatic hydroxyl groups excluding tert-OH is 1. The van der Waals surface area contributed by atoms with Crippen molar-refractivity contribution in [2.24, 2.45) is 5.73 Å². The lowest BCUT2D eigenvalue weighted by Crippen LogP contribution is -2.27. The first-order valence-corrected chi connectivity index (χ1v) is 7.73. The molecule has 0 aliphatic heterocycles. The summed E-state index contributed by atoms with van der Waals surface area (Å²) in [5, 5.41) is 9.62. The summed E-state index contributed by atoms with van der Waals surface area (Å²) in [6, 6.07) is 8.13. The van der Waals surface area contributed by atoms with Crippen molar-refractivity contribution in [1.29, 1.82) is 0 Å². The molecule has 1 aromatic carbocycles. The van der Waals surface area contributed by atoms with Gasteiger partial charge in [-0.25, -0.2) is 0 Å². The summed E-state index contributed by atoms with van der Waals surface area (Å²) in [7, 11) is 1.69. The van der Waals surface area contributed by atoms with E-state index in [4.69, 9.17) is 15.6 Å². The number of para-hydroxylation sites is 1. The van der Waals surface area contributed by atoms with Crippen LogP contribution in [0.1, 0.15) is 37.5 Å². The Bertz CT molecular complexity index is 373. The zero-order chi connectivity index (χ0) is 14.3. The molecule has 0 aliphatic rings. The molecule has 3 atom stereocenters. The van der Waals surface area contributed by atoms with E-state index in [2.05, 4.69) is 19.9 Å². The quantitative estimate of drug-likeness (QED) is 0.770. The van der Waals surface area contributed by atoms with Crippen molar-refractivity contribution in [1.82, 2.24) is 0 Å². The fraction of sp³-hybridized carbons (Fsp3) is 0.600. The number of aliphatic hydroxyl groups is 1. The highest BCUT2D eigenvalue weighted by molar-refractivity contribution is 8.00. The third-order valence-corrected chi connectivity index (χ3v) is 4.82. The van der Waals surface area contributed by atoms with Crippen molar-refractivity contribution in [3.8, 4) is 5.75 Å². The number of methoxy groups -OCH3 is 1. The van der Waals surface area contributed by atoms with Gasteiger partial charge in [0.15, 0.2) is 0 Å². The molecule has 1 aromatic rings. The molecule has 0 amide bonds. The lowest BCUT2D eigenvalue weighted by molar-refractivity contribution is 0.288. The molecule has 0 spiro atoms. The van der Waals surface area contributed by atoms with Crippen LogP contribution in [0.25, 0.3) is 0 Å². The minimum Gasteiger partial charge on any atom is -0.496 e. The van der Waals surface area contributed by atoms with Gasteiger partial charge in [-0.3, -0.25) is 0 Å². The standard InChI is InChI=1S/C15H25NO2S/c1-4-13(16)15(19-11(2)9-10-17)12-7-5-6-8-14(12)18-3/h5-8,11,13,15,17H,4,9-10,16H2,1-3H3. The van der Waals surface area contributed by atoms with E-state index in [1.165, 1.54) is 0 Å². The zero-order valence-corrected chi connectivity index (χ0v) is 12.8. The molecule has 108 valence electrons. The Morgan fingerprint density at radius 2 is 2.05 bits per heavy atom. The van der Waals surface area contributed by atoms with E-state index in [0.717, 1.165) is 24.2 Å². The molecular weight excluding hydrogens is 258 g/mol. The fourth-order valence-corrected chi connectivity index (χ4v) is 3.50. The summed E-state index contributed by atoms with van der Waals surface area (Å²) in [6.07, 6.45) is 1.70. The molecule has 1 rings (SSSR count). The van der Waals surface area contributed by atoms with Crippen molar-refractivity contribution < 1.29 is 9.84 Å². The number of nitrogens with two attached hydrogens (primary N) is 1. The van der Waals surface area contributed by atoms with Crippen LogP contribution in [-0.4, -0.2) is 30.1 Å². The van der Waals surface area contributed by atoms with Gasteiger partial charge in [-0.1, -0.05) is 32.0 Å². The highest BCUT2D eigenvalue weighted by atomic mass is 32.2. The fourth-order valence-electron chi connectivity index (χ4n) is 2.02. The molecule has 4 heteroatoms. The van der Waals surface area contributed by atoms with Crippen LogP contribution < -0.4 is 10.5 Å². The molecule has 19 heavy (non-hydrogen) atoms. The lowest BCUT2D eigenvalue weighted by Gasteiger charge is -2.27. The normalized spacial score (nSPS) is 15.8. The lowest BCUT2D eigenvalue weighted by atomic mass is 10.0. The van der Waals surface area contributed by atoms with E-state index in [-0.39, 0.29) is 17.9 Å². The maximum atomic E-state index is 9.05. The maximum absolute atomic E-state index is 9.05. The van der Waals surface area contributed by atoms with Gasteiger partial charge in [-0.05, 0) is 18.9 Å². The summed E-state index contributed by atoms with van der Waals surface area (Å²) in [5.74, 6) is 0.889. The summed E-state index contributed by atoms with van der Waals surface area (Å²) < 4.78 is 5.44. The second-order valence-corrected chi connectivity index (χ2v) is 6.28. The number of benzene rings is 1. The Hall–Kier alpha value is -0.710. The first-order chi connectivity index (χ1) is 9.13. The van der Waals surface area contributed by atoms with Crippen molar-refractivity contribution in [3.63, 3.8) is 0 Å². The zero-order valence-electron chi connectivity index (χ0n) is 12.0. The molecule has 0 fully saturated rings. The molecule has 0 bridgehead atoms. The van der Waals surface area contributed by atoms with Crippen LogP contribution in [-0.2, 0) is 0 Å². The Balaban J connectivity index is 2.95. The largest absolute Gasteiger partial charge is 0.496 e. The summed E-state index contributed by atoms with van der Waals surface area (Å²) in [4.78, 5) is 0. The first-order valence-electron chi connectivity index (χ1n) is 6.78. The Labute approximate surface area is 120 Å². The van der Waals surface area contributed by atoms with Gasteiger partial charge in [0.1, 0.15) is 5.75 Å². The van der Waals surface area contributed by atoms with E-state index in [0.29, 0.717) is 5.25 Å². The second-order valence-electron chi connectivity index (χ2n) is 4.69. The van der Waals surface area contributed by atoms with Crippen LogP contribution in [0.5, 0.6) is 5.75 Å². The van der Waals surface area contributed by atoms with Crippen LogP contribution in [0.4, 0.5) is 0 Å². The molecule has 0 saturated carbocycles. The topological polar surface area (TPSA) is 55.5 Å². The van der Waals surface area contributed by atoms with Gasteiger partial charge in [0.2, 0.25) is 0 Å². The van der Waals surface area contributed by atoms with E-state index < -0.39 is 0 Å². The van der Waals surface area contributed by atoms with Crippen molar-refractivity contribution in [2.45, 2.75) is 43.2 Å². The minimum absolute atomic E-state index is 0.0856. The third kappa shape index (κ3) is 4.71. The predicted molar refractivity (Wildman–Crippen MR) is 82.8 cm³/mol. The van der Waals surface area contributed by atoms with Gasteiger partial charge >= 0.3 is 0 Å². The number of thioether (sulfide) groups is 1. The third-order valence-electron chi connectivity index (χ3n) is 3.22. The first kappa shape index (κ1) is 16.3. The summed E-state index contributed by atoms with van der Waals surface area (Å²) >= 11 is 1.82. The molecule has 3 N–H and O–H groups in total. The van der Waals surface area contributed by atoms with Crippen LogP contribution >= 0.6 is 11.8 Å². The molecule has 0 heterocycles. The van der Waals surface area contributed by atoms with Crippen molar-refractivity contribution in [2.75, 3.05) is 13.7 Å². The maximum Gasteiger partial charge on any atom is 0.123 e. The van der Waals surface area contributed by atoms with Crippen molar-refractivity contribution >= 4 is 11.8 Å². The SMILES string of the molecule is CCC(N)C(SC(C)CCO)c1ccccc1OC. The van der Waals surface area contributed by atoms with Gasteiger partial charge in [-0.15, -0.1) is 11.8 Å². The van der Waals surface area contributed by atoms with Gasteiger partial charge in [0.25, 0.3) is 0 Å². The number of hydrogen-bond donors (Lipinski definition) is 2. The smallest absolute Gasteiger partial charge is 0.123 e. The van der Waals surface area contributed by atoms with Crippen LogP contribution in [0.2, 0.25) is 0 Å².